The summed E-state index contributed by atoms with van der Waals surface area (Å²) in [5, 5.41) is 0. The summed E-state index contributed by atoms with van der Waals surface area (Å²) >= 11 is 0. The van der Waals surface area contributed by atoms with E-state index in [1.165, 1.54) is 6.92 Å². The molecule has 0 saturated carbocycles. The molecule has 0 N–H and O–H groups in total. The third-order valence-electron chi connectivity index (χ3n) is 3.21. The summed E-state index contributed by atoms with van der Waals surface area (Å²) in [6.45, 7) is 1.21. The molecule has 150 valence electrons. The molecule has 0 fully saturated rings. The van der Waals surface area contributed by atoms with Crippen LogP contribution in [-0.2, 0) is 31.6 Å². The van der Waals surface area contributed by atoms with Gasteiger partial charge < -0.3 is 14.2 Å². The molecule has 0 aliphatic rings. The third-order valence-corrected chi connectivity index (χ3v) is 3.21. The Bertz CT molecular complexity index is 747. The fraction of sp³-hybridized carbons (Fsp3) is 0.467. The van der Waals surface area contributed by atoms with E-state index in [1.807, 2.05) is 0 Å². The molecule has 1 aromatic rings. The van der Waals surface area contributed by atoms with Crippen molar-refractivity contribution in [2.45, 2.75) is 25.9 Å². The molecule has 0 spiro atoms. The molecule has 1 rings (SSSR count). The monoisotopic (exact) mass is 399 g/mol. The van der Waals surface area contributed by atoms with Crippen molar-refractivity contribution in [2.75, 3.05) is 20.8 Å². The normalized spacial score (nSPS) is 11.3. The first-order valence-corrected chi connectivity index (χ1v) is 7.23. The van der Waals surface area contributed by atoms with Gasteiger partial charge in [0.15, 0.2) is 5.69 Å². The molecule has 12 heteroatoms. The summed E-state index contributed by atoms with van der Waals surface area (Å²) in [5.41, 5.74) is -7.04. The summed E-state index contributed by atoms with van der Waals surface area (Å²) in [7, 11) is 1.51. The van der Waals surface area contributed by atoms with Gasteiger partial charge in [0.25, 0.3) is 6.43 Å². The first-order chi connectivity index (χ1) is 12.5. The van der Waals surface area contributed by atoms with E-state index in [-0.39, 0.29) is 6.61 Å². The van der Waals surface area contributed by atoms with Gasteiger partial charge in [-0.25, -0.2) is 23.4 Å². The Labute approximate surface area is 149 Å². The molecule has 0 atom stereocenters. The van der Waals surface area contributed by atoms with Gasteiger partial charge in [-0.15, -0.1) is 0 Å². The minimum atomic E-state index is -5.36. The molecule has 0 amide bonds. The number of rotatable bonds is 6. The average molecular weight is 399 g/mol. The lowest BCUT2D eigenvalue weighted by Gasteiger charge is -2.19. The Balaban J connectivity index is 4.02. The molecule has 0 saturated heterocycles. The van der Waals surface area contributed by atoms with Crippen LogP contribution in [0.5, 0.6) is 0 Å². The van der Waals surface area contributed by atoms with Crippen molar-refractivity contribution in [3.8, 4) is 0 Å². The lowest BCUT2D eigenvalue weighted by atomic mass is 9.95. The van der Waals surface area contributed by atoms with E-state index in [9.17, 15) is 36.3 Å². The number of alkyl halides is 5. The highest BCUT2D eigenvalue weighted by Gasteiger charge is 2.43. The molecule has 0 unspecified atom stereocenters. The van der Waals surface area contributed by atoms with Gasteiger partial charge in [0, 0.05) is 0 Å². The molecule has 0 aromatic carbocycles. The molecule has 0 bridgehead atoms. The standard InChI is InChI=1S/C15H14F5NO6/c1-4-27-7(22)5-6-8(13(23)25-2)10(12(16)17)21-11(15(18,19)20)9(6)14(24)26-3/h12H,4-5H2,1-3H3. The highest BCUT2D eigenvalue weighted by molar-refractivity contribution is 6.01. The topological polar surface area (TPSA) is 91.8 Å². The van der Waals surface area contributed by atoms with Gasteiger partial charge in [-0.05, 0) is 12.5 Å². The van der Waals surface area contributed by atoms with Crippen LogP contribution >= 0.6 is 0 Å². The number of pyridine rings is 1. The van der Waals surface area contributed by atoms with Gasteiger partial charge in [0.2, 0.25) is 0 Å². The average Bonchev–Trinajstić information content (AvgIpc) is 2.58. The Hall–Kier alpha value is -2.79. The van der Waals surface area contributed by atoms with Crippen molar-refractivity contribution >= 4 is 17.9 Å². The molecule has 1 heterocycles. The van der Waals surface area contributed by atoms with Crippen molar-refractivity contribution in [1.29, 1.82) is 0 Å². The molecule has 0 aliphatic carbocycles. The van der Waals surface area contributed by atoms with Crippen molar-refractivity contribution in [3.05, 3.63) is 28.1 Å². The summed E-state index contributed by atoms with van der Waals surface area (Å²) in [6, 6.07) is 0. The summed E-state index contributed by atoms with van der Waals surface area (Å²) in [4.78, 5) is 38.4. The molecular weight excluding hydrogens is 385 g/mol. The van der Waals surface area contributed by atoms with Gasteiger partial charge >= 0.3 is 24.1 Å². The van der Waals surface area contributed by atoms with Crippen LogP contribution in [0, 0.1) is 0 Å². The highest BCUT2D eigenvalue weighted by atomic mass is 19.4. The van der Waals surface area contributed by atoms with E-state index in [0.29, 0.717) is 0 Å². The van der Waals surface area contributed by atoms with Gasteiger partial charge in [0.05, 0.1) is 38.4 Å². The predicted molar refractivity (Wildman–Crippen MR) is 77.2 cm³/mol. The third kappa shape index (κ3) is 4.89. The number of hydrogen-bond donors (Lipinski definition) is 0. The van der Waals surface area contributed by atoms with E-state index in [1.54, 1.807) is 0 Å². The Morgan fingerprint density at radius 2 is 1.56 bits per heavy atom. The number of nitrogens with zero attached hydrogens (tertiary/aromatic N) is 1. The number of hydrogen-bond acceptors (Lipinski definition) is 7. The van der Waals surface area contributed by atoms with E-state index in [0.717, 1.165) is 14.2 Å². The van der Waals surface area contributed by atoms with Crippen LogP contribution in [0.1, 0.15) is 51.0 Å². The zero-order chi connectivity index (χ0) is 20.9. The van der Waals surface area contributed by atoms with Crippen molar-refractivity contribution < 1.29 is 50.5 Å². The maximum atomic E-state index is 13.3. The molecule has 0 radical (unpaired) electrons. The first kappa shape index (κ1) is 22.3. The second-order valence-corrected chi connectivity index (χ2v) is 4.84. The van der Waals surface area contributed by atoms with Crippen LogP contribution in [0.25, 0.3) is 0 Å². The molecule has 7 nitrogen and oxygen atoms in total. The molecule has 0 aliphatic heterocycles. The van der Waals surface area contributed by atoms with Crippen LogP contribution in [-0.4, -0.2) is 43.7 Å². The van der Waals surface area contributed by atoms with Crippen LogP contribution in [0.15, 0.2) is 0 Å². The van der Waals surface area contributed by atoms with Crippen molar-refractivity contribution in [2.24, 2.45) is 0 Å². The van der Waals surface area contributed by atoms with E-state index < -0.39 is 65.0 Å². The SMILES string of the molecule is CCOC(=O)Cc1c(C(=O)OC)c(C(F)F)nc(C(F)(F)F)c1C(=O)OC. The minimum Gasteiger partial charge on any atom is -0.466 e. The minimum absolute atomic E-state index is 0.182. The maximum absolute atomic E-state index is 13.3. The zero-order valence-electron chi connectivity index (χ0n) is 14.3. The molecule has 1 aromatic heterocycles. The van der Waals surface area contributed by atoms with Gasteiger partial charge in [-0.2, -0.15) is 13.2 Å². The number of carbonyl (C=O) groups excluding carboxylic acids is 3. The van der Waals surface area contributed by atoms with Crippen LogP contribution in [0.2, 0.25) is 0 Å². The van der Waals surface area contributed by atoms with Crippen LogP contribution in [0.3, 0.4) is 0 Å². The summed E-state index contributed by atoms with van der Waals surface area (Å²) in [5.74, 6) is -4.29. The zero-order valence-corrected chi connectivity index (χ0v) is 14.3. The van der Waals surface area contributed by atoms with Crippen molar-refractivity contribution in [3.63, 3.8) is 0 Å². The second kappa shape index (κ2) is 8.73. The van der Waals surface area contributed by atoms with E-state index in [2.05, 4.69) is 19.2 Å². The Morgan fingerprint density at radius 3 is 1.96 bits per heavy atom. The highest BCUT2D eigenvalue weighted by Crippen LogP contribution is 2.37. The quantitative estimate of drug-likeness (QED) is 0.413. The number of carbonyl (C=O) groups is 3. The maximum Gasteiger partial charge on any atom is 0.434 e. The first-order valence-electron chi connectivity index (χ1n) is 7.23. The molecule has 27 heavy (non-hydrogen) atoms. The van der Waals surface area contributed by atoms with Crippen molar-refractivity contribution in [1.82, 2.24) is 4.98 Å². The van der Waals surface area contributed by atoms with E-state index >= 15 is 0 Å². The number of esters is 3. The number of halogens is 5. The Kier molecular flexibility index (Phi) is 7.20. The lowest BCUT2D eigenvalue weighted by molar-refractivity contribution is -0.144. The summed E-state index contributed by atoms with van der Waals surface area (Å²) in [6.07, 6.45) is -10.1. The molecular formula is C15H14F5NO6. The smallest absolute Gasteiger partial charge is 0.434 e. The number of aromatic nitrogens is 1. The van der Waals surface area contributed by atoms with E-state index in [4.69, 9.17) is 0 Å². The van der Waals surface area contributed by atoms with Gasteiger partial charge in [-0.3, -0.25) is 4.79 Å². The van der Waals surface area contributed by atoms with Crippen LogP contribution in [0.4, 0.5) is 22.0 Å². The fourth-order valence-electron chi connectivity index (χ4n) is 2.20. The fourth-order valence-corrected chi connectivity index (χ4v) is 2.20. The lowest BCUT2D eigenvalue weighted by Crippen LogP contribution is -2.26. The van der Waals surface area contributed by atoms with Gasteiger partial charge in [-0.1, -0.05) is 0 Å². The second-order valence-electron chi connectivity index (χ2n) is 4.84. The Morgan fingerprint density at radius 1 is 1.04 bits per heavy atom. The number of ether oxygens (including phenoxy) is 3. The van der Waals surface area contributed by atoms with Crippen LogP contribution < -0.4 is 0 Å². The van der Waals surface area contributed by atoms with Gasteiger partial charge in [0.1, 0.15) is 5.69 Å². The predicted octanol–water partition coefficient (Wildman–Crippen LogP) is 2.72. The largest absolute Gasteiger partial charge is 0.466 e. The summed E-state index contributed by atoms with van der Waals surface area (Å²) < 4.78 is 79.7. The number of methoxy groups -OCH3 is 2.